The van der Waals surface area contributed by atoms with Crippen LogP contribution in [0.15, 0.2) is 35.2 Å². The fraction of sp³-hybridized carbons (Fsp3) is 0.733. The van der Waals surface area contributed by atoms with E-state index in [1.165, 1.54) is 63.5 Å². The van der Waals surface area contributed by atoms with E-state index in [9.17, 15) is 18.0 Å². The summed E-state index contributed by atoms with van der Waals surface area (Å²) in [7, 11) is -4.00. The van der Waals surface area contributed by atoms with Crippen LogP contribution in [-0.4, -0.2) is 48.2 Å². The van der Waals surface area contributed by atoms with Crippen molar-refractivity contribution in [3.8, 4) is 0 Å². The summed E-state index contributed by atoms with van der Waals surface area (Å²) in [6, 6.07) is 7.42. The second-order valence-corrected chi connectivity index (χ2v) is 14.8. The Morgan fingerprint density at radius 3 is 1.48 bits per heavy atom. The second kappa shape index (κ2) is 11.0. The molecule has 40 heavy (non-hydrogen) atoms. The number of aliphatic carboxylic acids is 2. The first-order chi connectivity index (χ1) is 18.9. The SMILES string of the molecule is NC[C@@]1(CC(=O)O)[C@@H]2C[C@@H]3CC[C@H]1[C@H]2C3.NC[C@@]1(CC(=O)O)[C@@H]2C[C@@H]3CC[C@H]1[C@H]2C3.O=S(=O)(O)c1ccccc1. The molecule has 0 aliphatic heterocycles. The monoisotopic (exact) mass is 576 g/mol. The van der Waals surface area contributed by atoms with Crippen LogP contribution in [0.4, 0.5) is 0 Å². The number of hydrogen-bond acceptors (Lipinski definition) is 6. The van der Waals surface area contributed by atoms with E-state index >= 15 is 0 Å². The maximum absolute atomic E-state index is 11.0. The lowest BCUT2D eigenvalue weighted by Gasteiger charge is -2.59. The Bertz CT molecular complexity index is 1130. The lowest BCUT2D eigenvalue weighted by Crippen LogP contribution is -2.59. The van der Waals surface area contributed by atoms with Gasteiger partial charge in [0.1, 0.15) is 0 Å². The molecule has 6 aliphatic rings. The highest BCUT2D eigenvalue weighted by Gasteiger charge is 2.66. The van der Waals surface area contributed by atoms with Crippen molar-refractivity contribution in [1.82, 2.24) is 0 Å². The molecule has 9 nitrogen and oxygen atoms in total. The molecule has 0 unspecified atom stereocenters. The molecule has 6 aliphatic carbocycles. The summed E-state index contributed by atoms with van der Waals surface area (Å²) in [5, 5.41) is 18.1. The number of carboxylic acids is 2. The second-order valence-electron chi connectivity index (χ2n) is 13.4. The van der Waals surface area contributed by atoms with Crippen LogP contribution in [0.1, 0.15) is 64.2 Å². The molecule has 6 fully saturated rings. The lowest BCUT2D eigenvalue weighted by atomic mass is 9.45. The lowest BCUT2D eigenvalue weighted by molar-refractivity contribution is -0.157. The Labute approximate surface area is 236 Å². The van der Waals surface area contributed by atoms with Crippen molar-refractivity contribution in [1.29, 1.82) is 0 Å². The first kappa shape index (κ1) is 29.5. The van der Waals surface area contributed by atoms with Crippen molar-refractivity contribution < 1.29 is 32.8 Å². The minimum absolute atomic E-state index is 0.0260. The molecule has 7 N–H and O–H groups in total. The van der Waals surface area contributed by atoms with Crippen molar-refractivity contribution in [2.24, 2.45) is 69.6 Å². The zero-order valence-electron chi connectivity index (χ0n) is 23.0. The van der Waals surface area contributed by atoms with Gasteiger partial charge in [0.2, 0.25) is 0 Å². The van der Waals surface area contributed by atoms with E-state index in [0.717, 1.165) is 23.7 Å². The van der Waals surface area contributed by atoms with Gasteiger partial charge in [0.25, 0.3) is 10.1 Å². The largest absolute Gasteiger partial charge is 0.481 e. The number of benzene rings is 1. The van der Waals surface area contributed by atoms with Gasteiger partial charge in [-0.25, -0.2) is 0 Å². The molecule has 4 bridgehead atoms. The predicted octanol–water partition coefficient (Wildman–Crippen LogP) is 3.88. The molecular weight excluding hydrogens is 532 g/mol. The molecule has 0 heterocycles. The Morgan fingerprint density at radius 1 is 0.725 bits per heavy atom. The van der Waals surface area contributed by atoms with Gasteiger partial charge in [-0.1, -0.05) is 31.0 Å². The van der Waals surface area contributed by atoms with Crippen molar-refractivity contribution in [2.45, 2.75) is 69.1 Å². The van der Waals surface area contributed by atoms with Gasteiger partial charge in [-0.15, -0.1) is 0 Å². The van der Waals surface area contributed by atoms with Gasteiger partial charge < -0.3 is 21.7 Å². The van der Waals surface area contributed by atoms with Crippen molar-refractivity contribution in [3.05, 3.63) is 30.3 Å². The van der Waals surface area contributed by atoms with Gasteiger partial charge in [0, 0.05) is 0 Å². The molecule has 1 aromatic carbocycles. The van der Waals surface area contributed by atoms with Gasteiger partial charge in [-0.2, -0.15) is 8.42 Å². The molecule has 10 atom stereocenters. The molecular formula is C30H44N2O7S. The summed E-state index contributed by atoms with van der Waals surface area (Å²) in [5.41, 5.74) is 11.7. The molecule has 0 spiro atoms. The Morgan fingerprint density at radius 2 is 1.15 bits per heavy atom. The average molecular weight is 577 g/mol. The van der Waals surface area contributed by atoms with Crippen molar-refractivity contribution in [3.63, 3.8) is 0 Å². The predicted molar refractivity (Wildman–Crippen MR) is 149 cm³/mol. The van der Waals surface area contributed by atoms with E-state index in [1.807, 2.05) is 0 Å². The van der Waals surface area contributed by atoms with E-state index in [4.69, 9.17) is 26.2 Å². The smallest absolute Gasteiger partial charge is 0.303 e. The molecule has 0 aromatic heterocycles. The summed E-state index contributed by atoms with van der Waals surface area (Å²) < 4.78 is 29.2. The highest BCUT2D eigenvalue weighted by atomic mass is 32.2. The van der Waals surface area contributed by atoms with Crippen LogP contribution < -0.4 is 11.5 Å². The van der Waals surface area contributed by atoms with Crippen LogP contribution in [0.5, 0.6) is 0 Å². The molecule has 0 amide bonds. The Hall–Kier alpha value is -2.01. The standard InChI is InChI=1S/2C12H19NO2.C6H6O3S/c2*13-6-12(5-11(14)15)9-2-1-7-3-8(9)10(12)4-7;7-10(8,9)6-4-2-1-3-5-6/h2*7-10H,1-6,13H2,(H,14,15);1-5H,(H,7,8,9)/t2*7-,8-,9+,10-,12-;/m11./s1. The third-order valence-electron chi connectivity index (χ3n) is 11.9. The molecule has 1 aromatic rings. The highest BCUT2D eigenvalue weighted by Crippen LogP contribution is 2.71. The summed E-state index contributed by atoms with van der Waals surface area (Å²) >= 11 is 0. The van der Waals surface area contributed by atoms with E-state index in [-0.39, 0.29) is 15.7 Å². The first-order valence-corrected chi connectivity index (χ1v) is 16.3. The van der Waals surface area contributed by atoms with Crippen LogP contribution in [0.25, 0.3) is 0 Å². The average Bonchev–Trinajstić information content (AvgIpc) is 3.21. The van der Waals surface area contributed by atoms with Crippen LogP contribution in [0.2, 0.25) is 0 Å². The third-order valence-corrected chi connectivity index (χ3v) is 12.8. The van der Waals surface area contributed by atoms with Crippen LogP contribution >= 0.6 is 0 Å². The van der Waals surface area contributed by atoms with Crippen molar-refractivity contribution in [2.75, 3.05) is 13.1 Å². The highest BCUT2D eigenvalue weighted by molar-refractivity contribution is 7.85. The molecule has 222 valence electrons. The zero-order chi connectivity index (χ0) is 28.9. The van der Waals surface area contributed by atoms with Crippen LogP contribution in [0, 0.1) is 58.2 Å². The molecule has 6 saturated carbocycles. The van der Waals surface area contributed by atoms with Gasteiger partial charge in [-0.3, -0.25) is 14.1 Å². The normalized spacial score (nSPS) is 41.3. The van der Waals surface area contributed by atoms with Gasteiger partial charge >= 0.3 is 11.9 Å². The number of fused-ring (bicyclic) bond motifs is 2. The summed E-state index contributed by atoms with van der Waals surface area (Å²) in [5.74, 6) is 4.63. The van der Waals surface area contributed by atoms with Crippen LogP contribution in [-0.2, 0) is 19.7 Å². The maximum atomic E-state index is 11.0. The summed E-state index contributed by atoms with van der Waals surface area (Å²) in [6.07, 6.45) is 10.9. The van der Waals surface area contributed by atoms with Crippen LogP contribution in [0.3, 0.4) is 0 Å². The number of carbonyl (C=O) groups is 2. The van der Waals surface area contributed by atoms with E-state index in [2.05, 4.69) is 0 Å². The summed E-state index contributed by atoms with van der Waals surface area (Å²) in [6.45, 7) is 1.16. The van der Waals surface area contributed by atoms with Gasteiger partial charge in [0.15, 0.2) is 0 Å². The summed E-state index contributed by atoms with van der Waals surface area (Å²) in [4.78, 5) is 21.9. The minimum atomic E-state index is -4.00. The molecule has 0 radical (unpaired) electrons. The third kappa shape index (κ3) is 4.99. The Kier molecular flexibility index (Phi) is 8.11. The quantitative estimate of drug-likeness (QED) is 0.301. The van der Waals surface area contributed by atoms with Gasteiger partial charge in [0.05, 0.1) is 17.7 Å². The van der Waals surface area contributed by atoms with E-state index in [1.54, 1.807) is 18.2 Å². The topological polar surface area (TPSA) is 181 Å². The van der Waals surface area contributed by atoms with E-state index in [0.29, 0.717) is 49.6 Å². The molecule has 10 heteroatoms. The van der Waals surface area contributed by atoms with E-state index < -0.39 is 22.1 Å². The van der Waals surface area contributed by atoms with Crippen molar-refractivity contribution >= 4 is 22.1 Å². The molecule has 7 rings (SSSR count). The fourth-order valence-corrected chi connectivity index (χ4v) is 11.0. The Balaban J connectivity index is 0.000000124. The number of nitrogens with two attached hydrogens (primary N) is 2. The maximum Gasteiger partial charge on any atom is 0.303 e. The number of carboxylic acid groups (broad SMARTS) is 2. The first-order valence-electron chi connectivity index (χ1n) is 14.8. The minimum Gasteiger partial charge on any atom is -0.481 e. The number of hydrogen-bond donors (Lipinski definition) is 5. The number of rotatable bonds is 7. The zero-order valence-corrected chi connectivity index (χ0v) is 23.8. The van der Waals surface area contributed by atoms with Gasteiger partial charge in [-0.05, 0) is 122 Å². The molecule has 0 saturated heterocycles. The fourth-order valence-electron chi connectivity index (χ4n) is 10.5.